The van der Waals surface area contributed by atoms with Gasteiger partial charge in [0.15, 0.2) is 0 Å². The van der Waals surface area contributed by atoms with Crippen molar-refractivity contribution in [2.45, 2.75) is 41.0 Å². The van der Waals surface area contributed by atoms with Gasteiger partial charge in [0.2, 0.25) is 5.91 Å². The molecule has 1 rings (SSSR count). The van der Waals surface area contributed by atoms with Crippen LogP contribution in [0.3, 0.4) is 0 Å². The smallest absolute Gasteiger partial charge is 0.225 e. The summed E-state index contributed by atoms with van der Waals surface area (Å²) in [5.41, 5.74) is 0.783. The number of thiazole rings is 1. The monoisotopic (exact) mass is 240 g/mol. The highest BCUT2D eigenvalue weighted by Gasteiger charge is 2.20. The molecule has 0 radical (unpaired) electrons. The van der Waals surface area contributed by atoms with E-state index >= 15 is 0 Å². The summed E-state index contributed by atoms with van der Waals surface area (Å²) >= 11 is 1.71. The van der Waals surface area contributed by atoms with E-state index in [1.54, 1.807) is 11.3 Å². The van der Waals surface area contributed by atoms with Crippen LogP contribution in [0.5, 0.6) is 0 Å². The predicted molar refractivity (Wildman–Crippen MR) is 67.8 cm³/mol. The fourth-order valence-corrected chi connectivity index (χ4v) is 2.30. The van der Waals surface area contributed by atoms with Crippen LogP contribution in [0.4, 0.5) is 0 Å². The van der Waals surface area contributed by atoms with E-state index in [1.807, 2.05) is 34.6 Å². The third-order valence-corrected chi connectivity index (χ3v) is 3.45. The van der Waals surface area contributed by atoms with Gasteiger partial charge in [0, 0.05) is 23.3 Å². The maximum Gasteiger partial charge on any atom is 0.225 e. The van der Waals surface area contributed by atoms with Crippen molar-refractivity contribution in [2.24, 2.45) is 5.41 Å². The van der Waals surface area contributed by atoms with Crippen molar-refractivity contribution in [3.8, 4) is 0 Å². The molecule has 1 N–H and O–H groups in total. The molecule has 4 heteroatoms. The fraction of sp³-hybridized carbons (Fsp3) is 0.667. The van der Waals surface area contributed by atoms with Crippen LogP contribution in [0.2, 0.25) is 0 Å². The van der Waals surface area contributed by atoms with Gasteiger partial charge >= 0.3 is 0 Å². The van der Waals surface area contributed by atoms with Crippen LogP contribution in [-0.2, 0) is 11.2 Å². The minimum Gasteiger partial charge on any atom is -0.355 e. The van der Waals surface area contributed by atoms with Crippen molar-refractivity contribution in [1.82, 2.24) is 10.3 Å². The van der Waals surface area contributed by atoms with Crippen LogP contribution >= 0.6 is 11.3 Å². The van der Waals surface area contributed by atoms with Crippen molar-refractivity contribution in [1.29, 1.82) is 0 Å². The van der Waals surface area contributed by atoms with Crippen molar-refractivity contribution in [3.63, 3.8) is 0 Å². The molecule has 0 aliphatic carbocycles. The quantitative estimate of drug-likeness (QED) is 0.882. The summed E-state index contributed by atoms with van der Waals surface area (Å²) in [7, 11) is 0. The summed E-state index contributed by atoms with van der Waals surface area (Å²) < 4.78 is 0. The Morgan fingerprint density at radius 2 is 2.00 bits per heavy atom. The lowest BCUT2D eigenvalue weighted by atomic mass is 9.96. The van der Waals surface area contributed by atoms with E-state index in [-0.39, 0.29) is 11.3 Å². The van der Waals surface area contributed by atoms with E-state index in [0.717, 1.165) is 17.1 Å². The molecule has 0 bridgehead atoms. The minimum absolute atomic E-state index is 0.103. The molecule has 0 spiro atoms. The van der Waals surface area contributed by atoms with Crippen LogP contribution in [0.25, 0.3) is 0 Å². The number of hydrogen-bond acceptors (Lipinski definition) is 3. The molecule has 0 unspecified atom stereocenters. The van der Waals surface area contributed by atoms with Gasteiger partial charge in [0.05, 0.1) is 10.7 Å². The molecule has 0 saturated carbocycles. The van der Waals surface area contributed by atoms with Crippen molar-refractivity contribution in [2.75, 3.05) is 6.54 Å². The largest absolute Gasteiger partial charge is 0.355 e. The molecular weight excluding hydrogens is 220 g/mol. The first-order chi connectivity index (χ1) is 7.30. The van der Waals surface area contributed by atoms with Crippen LogP contribution in [0.15, 0.2) is 0 Å². The molecular formula is C12H20N2OS. The average molecular weight is 240 g/mol. The molecule has 0 atom stereocenters. The summed E-state index contributed by atoms with van der Waals surface area (Å²) in [6.07, 6.45) is 0.874. The van der Waals surface area contributed by atoms with Gasteiger partial charge in [-0.25, -0.2) is 4.98 Å². The number of amides is 1. The molecule has 0 fully saturated rings. The molecule has 90 valence electrons. The number of aromatic nitrogens is 1. The van der Waals surface area contributed by atoms with E-state index in [4.69, 9.17) is 0 Å². The molecule has 1 aromatic rings. The van der Waals surface area contributed by atoms with Crippen molar-refractivity contribution < 1.29 is 4.79 Å². The lowest BCUT2D eigenvalue weighted by Crippen LogP contribution is -2.35. The molecule has 3 nitrogen and oxygen atoms in total. The molecule has 1 heterocycles. The van der Waals surface area contributed by atoms with Crippen LogP contribution in [0, 0.1) is 19.3 Å². The standard InChI is InChI=1S/C12H20N2OS/c1-8-10(16-9(2)14-8)6-7-13-11(15)12(3,4)5/h6-7H2,1-5H3,(H,13,15). The second kappa shape index (κ2) is 4.95. The predicted octanol–water partition coefficient (Wildman–Crippen LogP) is 2.46. The highest BCUT2D eigenvalue weighted by Crippen LogP contribution is 2.17. The minimum atomic E-state index is -0.307. The summed E-state index contributed by atoms with van der Waals surface area (Å²) in [5.74, 6) is 0.103. The van der Waals surface area contributed by atoms with E-state index < -0.39 is 0 Å². The van der Waals surface area contributed by atoms with Crippen molar-refractivity contribution >= 4 is 17.2 Å². The van der Waals surface area contributed by atoms with Crippen LogP contribution in [0.1, 0.15) is 36.3 Å². The number of aryl methyl sites for hydroxylation is 2. The van der Waals surface area contributed by atoms with Gasteiger partial charge in [-0.3, -0.25) is 4.79 Å². The Labute approximate surface area is 101 Å². The van der Waals surface area contributed by atoms with Gasteiger partial charge in [-0.05, 0) is 13.8 Å². The first-order valence-electron chi connectivity index (χ1n) is 5.52. The Balaban J connectivity index is 2.42. The SMILES string of the molecule is Cc1nc(C)c(CCNC(=O)C(C)(C)C)s1. The first kappa shape index (κ1) is 13.2. The van der Waals surface area contributed by atoms with Gasteiger partial charge in [0.25, 0.3) is 0 Å². The van der Waals surface area contributed by atoms with Gasteiger partial charge in [-0.1, -0.05) is 20.8 Å². The fourth-order valence-electron chi connectivity index (χ4n) is 1.36. The van der Waals surface area contributed by atoms with E-state index in [1.165, 1.54) is 4.88 Å². The Kier molecular flexibility index (Phi) is 4.08. The zero-order valence-electron chi connectivity index (χ0n) is 10.7. The molecule has 0 aromatic carbocycles. The molecule has 1 amide bonds. The maximum absolute atomic E-state index is 11.6. The lowest BCUT2D eigenvalue weighted by Gasteiger charge is -2.17. The Bertz CT molecular complexity index is 377. The van der Waals surface area contributed by atoms with Crippen LogP contribution < -0.4 is 5.32 Å². The molecule has 16 heavy (non-hydrogen) atoms. The van der Waals surface area contributed by atoms with Gasteiger partial charge in [-0.2, -0.15) is 0 Å². The number of rotatable bonds is 3. The lowest BCUT2D eigenvalue weighted by molar-refractivity contribution is -0.128. The van der Waals surface area contributed by atoms with E-state index in [0.29, 0.717) is 6.54 Å². The number of carbonyl (C=O) groups excluding carboxylic acids is 1. The normalized spacial score (nSPS) is 11.6. The van der Waals surface area contributed by atoms with Gasteiger partial charge in [0.1, 0.15) is 0 Å². The second-order valence-corrected chi connectivity index (χ2v) is 6.29. The van der Waals surface area contributed by atoms with E-state index in [9.17, 15) is 4.79 Å². The van der Waals surface area contributed by atoms with Crippen LogP contribution in [-0.4, -0.2) is 17.4 Å². The number of carbonyl (C=O) groups is 1. The average Bonchev–Trinajstić information content (AvgIpc) is 2.43. The third kappa shape index (κ3) is 3.59. The summed E-state index contributed by atoms with van der Waals surface area (Å²) in [4.78, 5) is 17.3. The maximum atomic E-state index is 11.6. The molecule has 1 aromatic heterocycles. The van der Waals surface area contributed by atoms with Crippen molar-refractivity contribution in [3.05, 3.63) is 15.6 Å². The third-order valence-electron chi connectivity index (χ3n) is 2.32. The zero-order chi connectivity index (χ0) is 12.3. The molecule has 0 aliphatic rings. The highest BCUT2D eigenvalue weighted by atomic mass is 32.1. The second-order valence-electron chi connectivity index (χ2n) is 5.00. The number of hydrogen-bond donors (Lipinski definition) is 1. The highest BCUT2D eigenvalue weighted by molar-refractivity contribution is 7.11. The van der Waals surface area contributed by atoms with Gasteiger partial charge in [-0.15, -0.1) is 11.3 Å². The number of nitrogens with zero attached hydrogens (tertiary/aromatic N) is 1. The molecule has 0 aliphatic heterocycles. The summed E-state index contributed by atoms with van der Waals surface area (Å²) in [6, 6.07) is 0. The molecule has 0 saturated heterocycles. The zero-order valence-corrected chi connectivity index (χ0v) is 11.5. The first-order valence-corrected chi connectivity index (χ1v) is 6.33. The topological polar surface area (TPSA) is 42.0 Å². The summed E-state index contributed by atoms with van der Waals surface area (Å²) in [6.45, 7) is 10.5. The Morgan fingerprint density at radius 3 is 2.44 bits per heavy atom. The van der Waals surface area contributed by atoms with E-state index in [2.05, 4.69) is 10.3 Å². The summed E-state index contributed by atoms with van der Waals surface area (Å²) in [5, 5.41) is 4.04. The Hall–Kier alpha value is -0.900. The Morgan fingerprint density at radius 1 is 1.38 bits per heavy atom. The number of nitrogens with one attached hydrogen (secondary N) is 1. The van der Waals surface area contributed by atoms with Gasteiger partial charge < -0.3 is 5.32 Å².